The predicted octanol–water partition coefficient (Wildman–Crippen LogP) is 3.61. The van der Waals surface area contributed by atoms with E-state index in [0.29, 0.717) is 23.5 Å². The zero-order valence-corrected chi connectivity index (χ0v) is 10.8. The average Bonchev–Trinajstić information content (AvgIpc) is 2.86. The lowest BCUT2D eigenvalue weighted by atomic mass is 10.1. The summed E-state index contributed by atoms with van der Waals surface area (Å²) >= 11 is 0. The van der Waals surface area contributed by atoms with E-state index in [0.717, 1.165) is 5.56 Å². The maximum absolute atomic E-state index is 10.8. The van der Waals surface area contributed by atoms with Gasteiger partial charge in [0, 0.05) is 17.2 Å². The van der Waals surface area contributed by atoms with Crippen molar-refractivity contribution < 1.29 is 14.4 Å². The van der Waals surface area contributed by atoms with Gasteiger partial charge >= 0.3 is 0 Å². The number of aliphatic hydroxyl groups excluding tert-OH is 1. The normalized spacial score (nSPS) is 12.4. The molecule has 0 fully saturated rings. The van der Waals surface area contributed by atoms with Gasteiger partial charge in [-0.25, -0.2) is 0 Å². The monoisotopic (exact) mass is 261 g/mol. The van der Waals surface area contributed by atoms with Crippen LogP contribution in [0.2, 0.25) is 0 Å². The first kappa shape index (κ1) is 13.3. The third-order valence-corrected chi connectivity index (χ3v) is 3.02. The molecule has 0 bridgehead atoms. The van der Waals surface area contributed by atoms with E-state index in [1.54, 1.807) is 31.2 Å². The second-order valence-electron chi connectivity index (χ2n) is 4.38. The van der Waals surface area contributed by atoms with Gasteiger partial charge in [0.25, 0.3) is 5.69 Å². The minimum Gasteiger partial charge on any atom is -0.458 e. The molecule has 0 aliphatic heterocycles. The van der Waals surface area contributed by atoms with Crippen molar-refractivity contribution in [3.63, 3.8) is 0 Å². The zero-order valence-electron chi connectivity index (χ0n) is 10.8. The van der Waals surface area contributed by atoms with Crippen molar-refractivity contribution in [3.05, 3.63) is 51.8 Å². The van der Waals surface area contributed by atoms with E-state index in [9.17, 15) is 15.2 Å². The van der Waals surface area contributed by atoms with E-state index in [1.807, 2.05) is 6.92 Å². The first-order valence-electron chi connectivity index (χ1n) is 6.06. The standard InChI is InChI=1S/C14H15NO4/c1-3-12(16)14-7-6-13(19-14)10-4-5-11(15(17)18)9(2)8-10/h4-8,12,16H,3H2,1-2H3. The average molecular weight is 261 g/mol. The molecular weight excluding hydrogens is 246 g/mol. The van der Waals surface area contributed by atoms with Gasteiger partial charge < -0.3 is 9.52 Å². The second kappa shape index (κ2) is 5.24. The molecule has 1 unspecified atom stereocenters. The summed E-state index contributed by atoms with van der Waals surface area (Å²) in [5.74, 6) is 1.11. The fourth-order valence-electron chi connectivity index (χ4n) is 1.90. The summed E-state index contributed by atoms with van der Waals surface area (Å²) in [6.07, 6.45) is -0.0421. The Morgan fingerprint density at radius 2 is 2.11 bits per heavy atom. The lowest BCUT2D eigenvalue weighted by molar-refractivity contribution is -0.385. The lowest BCUT2D eigenvalue weighted by Gasteiger charge is -2.03. The number of benzene rings is 1. The Morgan fingerprint density at radius 1 is 1.37 bits per heavy atom. The van der Waals surface area contributed by atoms with E-state index in [2.05, 4.69) is 0 Å². The van der Waals surface area contributed by atoms with Crippen molar-refractivity contribution in [2.45, 2.75) is 26.4 Å². The molecule has 5 nitrogen and oxygen atoms in total. The lowest BCUT2D eigenvalue weighted by Crippen LogP contribution is -1.92. The van der Waals surface area contributed by atoms with Crippen LogP contribution in [0.5, 0.6) is 0 Å². The minimum absolute atomic E-state index is 0.0872. The molecule has 100 valence electrons. The third kappa shape index (κ3) is 2.66. The van der Waals surface area contributed by atoms with Gasteiger partial charge in [-0.05, 0) is 37.6 Å². The third-order valence-electron chi connectivity index (χ3n) is 3.02. The van der Waals surface area contributed by atoms with Crippen LogP contribution < -0.4 is 0 Å². The molecule has 1 heterocycles. The van der Waals surface area contributed by atoms with Crippen LogP contribution in [0.3, 0.4) is 0 Å². The molecule has 0 spiro atoms. The predicted molar refractivity (Wildman–Crippen MR) is 70.8 cm³/mol. The molecule has 2 aromatic rings. The van der Waals surface area contributed by atoms with Gasteiger partial charge in [-0.15, -0.1) is 0 Å². The van der Waals surface area contributed by atoms with Gasteiger partial charge in [-0.1, -0.05) is 6.92 Å². The number of aliphatic hydroxyl groups is 1. The minimum atomic E-state index is -0.618. The van der Waals surface area contributed by atoms with Crippen LogP contribution >= 0.6 is 0 Å². The van der Waals surface area contributed by atoms with Crippen LogP contribution in [-0.2, 0) is 0 Å². The number of furan rings is 1. The highest BCUT2D eigenvalue weighted by atomic mass is 16.6. The van der Waals surface area contributed by atoms with Gasteiger partial charge in [0.15, 0.2) is 0 Å². The second-order valence-corrected chi connectivity index (χ2v) is 4.38. The van der Waals surface area contributed by atoms with Crippen LogP contribution in [-0.4, -0.2) is 10.0 Å². The quantitative estimate of drug-likeness (QED) is 0.673. The van der Waals surface area contributed by atoms with Crippen LogP contribution in [0.25, 0.3) is 11.3 Å². The van der Waals surface area contributed by atoms with Crippen molar-refractivity contribution in [2.24, 2.45) is 0 Å². The maximum atomic E-state index is 10.8. The van der Waals surface area contributed by atoms with Gasteiger partial charge in [0.2, 0.25) is 0 Å². The summed E-state index contributed by atoms with van der Waals surface area (Å²) in [5.41, 5.74) is 1.43. The first-order valence-corrected chi connectivity index (χ1v) is 6.06. The van der Waals surface area contributed by atoms with Crippen molar-refractivity contribution in [1.82, 2.24) is 0 Å². The summed E-state index contributed by atoms with van der Waals surface area (Å²) in [5, 5.41) is 20.4. The van der Waals surface area contributed by atoms with Crippen molar-refractivity contribution in [2.75, 3.05) is 0 Å². The molecular formula is C14H15NO4. The number of aryl methyl sites for hydroxylation is 1. The van der Waals surface area contributed by atoms with Gasteiger partial charge in [-0.3, -0.25) is 10.1 Å². The number of nitro groups is 1. The molecule has 1 aromatic heterocycles. The molecule has 1 N–H and O–H groups in total. The molecule has 0 aliphatic carbocycles. The Kier molecular flexibility index (Phi) is 3.66. The first-order chi connectivity index (χ1) is 9.02. The fourth-order valence-corrected chi connectivity index (χ4v) is 1.90. The Labute approximate surface area is 110 Å². The highest BCUT2D eigenvalue weighted by molar-refractivity contribution is 5.62. The van der Waals surface area contributed by atoms with Crippen LogP contribution in [0.15, 0.2) is 34.7 Å². The maximum Gasteiger partial charge on any atom is 0.272 e. The number of hydrogen-bond donors (Lipinski definition) is 1. The molecule has 2 rings (SSSR count). The highest BCUT2D eigenvalue weighted by Crippen LogP contribution is 2.29. The van der Waals surface area contributed by atoms with Gasteiger partial charge in [0.05, 0.1) is 4.92 Å². The summed E-state index contributed by atoms with van der Waals surface area (Å²) in [7, 11) is 0. The number of nitrogens with zero attached hydrogens (tertiary/aromatic N) is 1. The largest absolute Gasteiger partial charge is 0.458 e. The van der Waals surface area contributed by atoms with E-state index in [1.165, 1.54) is 6.07 Å². The van der Waals surface area contributed by atoms with Gasteiger partial charge in [0.1, 0.15) is 17.6 Å². The van der Waals surface area contributed by atoms with Crippen molar-refractivity contribution in [3.8, 4) is 11.3 Å². The molecule has 0 aliphatic rings. The Balaban J connectivity index is 2.35. The number of hydrogen-bond acceptors (Lipinski definition) is 4. The summed E-state index contributed by atoms with van der Waals surface area (Å²) in [4.78, 5) is 10.3. The molecule has 0 radical (unpaired) electrons. The number of rotatable bonds is 4. The summed E-state index contributed by atoms with van der Waals surface area (Å²) in [6.45, 7) is 3.55. The van der Waals surface area contributed by atoms with Crippen LogP contribution in [0.1, 0.15) is 30.8 Å². The molecule has 0 saturated carbocycles. The number of nitro benzene ring substituents is 1. The van der Waals surface area contributed by atoms with E-state index in [4.69, 9.17) is 4.42 Å². The SMILES string of the molecule is CCC(O)c1ccc(-c2ccc([N+](=O)[O-])c(C)c2)o1. The zero-order chi connectivity index (χ0) is 14.0. The summed E-state index contributed by atoms with van der Waals surface area (Å²) < 4.78 is 5.56. The molecule has 1 atom stereocenters. The van der Waals surface area contributed by atoms with Gasteiger partial charge in [-0.2, -0.15) is 0 Å². The Hall–Kier alpha value is -2.14. The smallest absolute Gasteiger partial charge is 0.272 e. The fraction of sp³-hybridized carbons (Fsp3) is 0.286. The molecule has 0 saturated heterocycles. The Bertz CT molecular complexity index is 603. The molecule has 1 aromatic carbocycles. The van der Waals surface area contributed by atoms with E-state index in [-0.39, 0.29) is 5.69 Å². The van der Waals surface area contributed by atoms with E-state index >= 15 is 0 Å². The molecule has 19 heavy (non-hydrogen) atoms. The topological polar surface area (TPSA) is 76.5 Å². The molecule has 0 amide bonds. The van der Waals surface area contributed by atoms with Crippen LogP contribution in [0, 0.1) is 17.0 Å². The summed E-state index contributed by atoms with van der Waals surface area (Å²) in [6, 6.07) is 8.29. The van der Waals surface area contributed by atoms with Crippen LogP contribution in [0.4, 0.5) is 5.69 Å². The highest BCUT2D eigenvalue weighted by Gasteiger charge is 2.14. The molecule has 5 heteroatoms. The van der Waals surface area contributed by atoms with Crippen molar-refractivity contribution >= 4 is 5.69 Å². The van der Waals surface area contributed by atoms with E-state index < -0.39 is 11.0 Å². The van der Waals surface area contributed by atoms with Crippen molar-refractivity contribution in [1.29, 1.82) is 0 Å². The Morgan fingerprint density at radius 3 is 2.68 bits per heavy atom.